The Morgan fingerprint density at radius 1 is 1.36 bits per heavy atom. The first-order valence-corrected chi connectivity index (χ1v) is 3.57. The fraction of sp³-hybridized carbons (Fsp3) is 0.286. The summed E-state index contributed by atoms with van der Waals surface area (Å²) in [5, 5.41) is 0. The van der Waals surface area contributed by atoms with Gasteiger partial charge in [-0.05, 0) is 6.92 Å². The fourth-order valence-electron chi connectivity index (χ4n) is 0.801. The van der Waals surface area contributed by atoms with E-state index in [4.69, 9.17) is 11.5 Å². The van der Waals surface area contributed by atoms with Gasteiger partial charge in [0.1, 0.15) is 5.69 Å². The molecular formula is C7H8F3N3O. The van der Waals surface area contributed by atoms with Crippen molar-refractivity contribution < 1.29 is 17.9 Å². The van der Waals surface area contributed by atoms with E-state index in [0.29, 0.717) is 5.56 Å². The van der Waals surface area contributed by atoms with Crippen LogP contribution in [0.25, 0.3) is 0 Å². The first kappa shape index (κ1) is 10.4. The maximum atomic E-state index is 11.8. The maximum absolute atomic E-state index is 11.8. The van der Waals surface area contributed by atoms with Gasteiger partial charge in [0.25, 0.3) is 0 Å². The molecule has 4 nitrogen and oxygen atoms in total. The lowest BCUT2D eigenvalue weighted by Crippen LogP contribution is -2.19. The van der Waals surface area contributed by atoms with Crippen molar-refractivity contribution in [2.45, 2.75) is 13.3 Å². The summed E-state index contributed by atoms with van der Waals surface area (Å²) < 4.78 is 39.0. The normalized spacial score (nSPS) is 11.4. The number of pyridine rings is 1. The van der Waals surface area contributed by atoms with Crippen LogP contribution < -0.4 is 16.2 Å². The zero-order valence-corrected chi connectivity index (χ0v) is 7.22. The lowest BCUT2D eigenvalue weighted by atomic mass is 10.2. The second kappa shape index (κ2) is 3.24. The molecule has 7 heteroatoms. The molecule has 0 aliphatic rings. The minimum atomic E-state index is -4.80. The van der Waals surface area contributed by atoms with Crippen LogP contribution in [0.5, 0.6) is 5.88 Å². The lowest BCUT2D eigenvalue weighted by molar-refractivity contribution is -0.275. The van der Waals surface area contributed by atoms with Crippen LogP contribution in [0.15, 0.2) is 6.20 Å². The predicted molar refractivity (Wildman–Crippen MR) is 44.5 cm³/mol. The number of nitrogens with two attached hydrogens (primary N) is 2. The minimum absolute atomic E-state index is 0.206. The van der Waals surface area contributed by atoms with Gasteiger partial charge in [-0.2, -0.15) is 0 Å². The largest absolute Gasteiger partial charge is 0.574 e. The van der Waals surface area contributed by atoms with Gasteiger partial charge in [0.2, 0.25) is 5.88 Å². The van der Waals surface area contributed by atoms with Gasteiger partial charge in [-0.15, -0.1) is 13.2 Å². The highest BCUT2D eigenvalue weighted by atomic mass is 19.4. The Hall–Kier alpha value is -1.66. The van der Waals surface area contributed by atoms with Crippen LogP contribution in [-0.4, -0.2) is 11.3 Å². The Kier molecular flexibility index (Phi) is 2.41. The number of rotatable bonds is 1. The fourth-order valence-corrected chi connectivity index (χ4v) is 0.801. The van der Waals surface area contributed by atoms with Crippen LogP contribution in [0.2, 0.25) is 0 Å². The summed E-state index contributed by atoms with van der Waals surface area (Å²) in [7, 11) is 0. The van der Waals surface area contributed by atoms with Gasteiger partial charge in [-0.3, -0.25) is 0 Å². The number of nitrogen functional groups attached to an aromatic ring is 2. The highest BCUT2D eigenvalue weighted by molar-refractivity contribution is 5.64. The number of aromatic nitrogens is 1. The second-order valence-electron chi connectivity index (χ2n) is 2.61. The molecule has 0 amide bonds. The molecule has 0 aliphatic heterocycles. The van der Waals surface area contributed by atoms with E-state index in [1.807, 2.05) is 0 Å². The van der Waals surface area contributed by atoms with Gasteiger partial charge in [-0.1, -0.05) is 0 Å². The van der Waals surface area contributed by atoms with Crippen molar-refractivity contribution in [1.82, 2.24) is 4.98 Å². The van der Waals surface area contributed by atoms with Crippen LogP contribution in [0.4, 0.5) is 24.5 Å². The van der Waals surface area contributed by atoms with Gasteiger partial charge in [0, 0.05) is 5.56 Å². The van der Waals surface area contributed by atoms with Crippen molar-refractivity contribution in [3.63, 3.8) is 0 Å². The van der Waals surface area contributed by atoms with Crippen molar-refractivity contribution >= 4 is 11.4 Å². The molecule has 0 atom stereocenters. The number of anilines is 2. The molecule has 1 aromatic heterocycles. The Balaban J connectivity index is 3.06. The van der Waals surface area contributed by atoms with Gasteiger partial charge in [0.05, 0.1) is 11.9 Å². The van der Waals surface area contributed by atoms with Crippen LogP contribution in [-0.2, 0) is 0 Å². The number of nitrogens with zero attached hydrogens (tertiary/aromatic N) is 1. The Labute approximate surface area is 77.7 Å². The van der Waals surface area contributed by atoms with E-state index in [0.717, 1.165) is 6.20 Å². The van der Waals surface area contributed by atoms with Crippen molar-refractivity contribution in [3.05, 3.63) is 11.8 Å². The molecule has 4 N–H and O–H groups in total. The lowest BCUT2D eigenvalue weighted by Gasteiger charge is -2.12. The number of hydrogen-bond acceptors (Lipinski definition) is 4. The summed E-state index contributed by atoms with van der Waals surface area (Å²) in [6.07, 6.45) is -3.74. The third-order valence-corrected chi connectivity index (χ3v) is 1.60. The zero-order valence-electron chi connectivity index (χ0n) is 7.22. The second-order valence-corrected chi connectivity index (χ2v) is 2.61. The van der Waals surface area contributed by atoms with E-state index in [1.54, 1.807) is 0 Å². The molecule has 0 saturated carbocycles. The molecule has 0 radical (unpaired) electrons. The molecule has 0 spiro atoms. The maximum Gasteiger partial charge on any atom is 0.574 e. The summed E-state index contributed by atoms with van der Waals surface area (Å²) in [6.45, 7) is 1.48. The summed E-state index contributed by atoms with van der Waals surface area (Å²) >= 11 is 0. The van der Waals surface area contributed by atoms with E-state index < -0.39 is 12.2 Å². The summed E-state index contributed by atoms with van der Waals surface area (Å²) in [4.78, 5) is 3.33. The first-order valence-electron chi connectivity index (χ1n) is 3.57. The van der Waals surface area contributed by atoms with Crippen LogP contribution in [0.1, 0.15) is 5.56 Å². The molecular weight excluding hydrogens is 199 g/mol. The molecule has 78 valence electrons. The van der Waals surface area contributed by atoms with Gasteiger partial charge >= 0.3 is 6.36 Å². The Morgan fingerprint density at radius 3 is 2.43 bits per heavy atom. The van der Waals surface area contributed by atoms with Gasteiger partial charge in [0.15, 0.2) is 0 Å². The van der Waals surface area contributed by atoms with Crippen LogP contribution >= 0.6 is 0 Å². The van der Waals surface area contributed by atoms with E-state index in [1.165, 1.54) is 6.92 Å². The first-order chi connectivity index (χ1) is 6.31. The van der Waals surface area contributed by atoms with Crippen LogP contribution in [0, 0.1) is 6.92 Å². The topological polar surface area (TPSA) is 74.2 Å². The highest BCUT2D eigenvalue weighted by Crippen LogP contribution is 2.30. The van der Waals surface area contributed by atoms with Gasteiger partial charge < -0.3 is 16.2 Å². The van der Waals surface area contributed by atoms with E-state index >= 15 is 0 Å². The molecule has 0 bridgehead atoms. The number of hydrogen-bond donors (Lipinski definition) is 2. The molecule has 0 aromatic carbocycles. The van der Waals surface area contributed by atoms with Crippen molar-refractivity contribution in [3.8, 4) is 5.88 Å². The zero-order chi connectivity index (χ0) is 10.9. The molecule has 1 heterocycles. The molecule has 0 unspecified atom stereocenters. The molecule has 0 saturated heterocycles. The third-order valence-electron chi connectivity index (χ3n) is 1.60. The standard InChI is InChI=1S/C7H8F3N3O/c1-3-4(11)2-13-6(5(3)12)14-7(8,9)10/h2H,11-12H2,1H3. The summed E-state index contributed by atoms with van der Waals surface area (Å²) in [5.74, 6) is -0.677. The van der Waals surface area contributed by atoms with Crippen molar-refractivity contribution in [1.29, 1.82) is 0 Å². The van der Waals surface area contributed by atoms with E-state index in [9.17, 15) is 13.2 Å². The Morgan fingerprint density at radius 2 is 1.93 bits per heavy atom. The third kappa shape index (κ3) is 2.18. The average Bonchev–Trinajstić information content (AvgIpc) is 2.04. The van der Waals surface area contributed by atoms with E-state index in [2.05, 4.69) is 9.72 Å². The molecule has 0 aliphatic carbocycles. The highest BCUT2D eigenvalue weighted by Gasteiger charge is 2.33. The number of halogens is 3. The summed E-state index contributed by atoms with van der Waals surface area (Å²) in [6, 6.07) is 0. The predicted octanol–water partition coefficient (Wildman–Crippen LogP) is 1.45. The van der Waals surface area contributed by atoms with E-state index in [-0.39, 0.29) is 11.4 Å². The number of ether oxygens (including phenoxy) is 1. The molecule has 1 aromatic rings. The minimum Gasteiger partial charge on any atom is -0.397 e. The molecule has 0 fully saturated rings. The monoisotopic (exact) mass is 207 g/mol. The Bertz CT molecular complexity index is 351. The number of alkyl halides is 3. The van der Waals surface area contributed by atoms with Crippen LogP contribution in [0.3, 0.4) is 0 Å². The molecule has 14 heavy (non-hydrogen) atoms. The molecule has 1 rings (SSSR count). The smallest absolute Gasteiger partial charge is 0.397 e. The van der Waals surface area contributed by atoms with Crippen molar-refractivity contribution in [2.75, 3.05) is 11.5 Å². The van der Waals surface area contributed by atoms with Crippen molar-refractivity contribution in [2.24, 2.45) is 0 Å². The quantitative estimate of drug-likeness (QED) is 0.730. The average molecular weight is 207 g/mol. The SMILES string of the molecule is Cc1c(N)cnc(OC(F)(F)F)c1N. The van der Waals surface area contributed by atoms with Gasteiger partial charge in [-0.25, -0.2) is 4.98 Å². The summed E-state index contributed by atoms with van der Waals surface area (Å²) in [5.41, 5.74) is 11.0.